The fourth-order valence-corrected chi connectivity index (χ4v) is 2.52. The summed E-state index contributed by atoms with van der Waals surface area (Å²) in [6, 6.07) is 7.94. The van der Waals surface area contributed by atoms with Gasteiger partial charge in [-0.1, -0.05) is 12.1 Å². The zero-order valence-electron chi connectivity index (χ0n) is 10.6. The average molecular weight is 248 g/mol. The van der Waals surface area contributed by atoms with E-state index in [4.69, 9.17) is 5.73 Å². The van der Waals surface area contributed by atoms with Crippen LogP contribution in [0, 0.1) is 6.92 Å². The summed E-state index contributed by atoms with van der Waals surface area (Å²) in [7, 11) is 0. The molecule has 0 saturated heterocycles. The first-order valence-electron chi connectivity index (χ1n) is 6.36. The zero-order chi connectivity index (χ0) is 13.2. The van der Waals surface area contributed by atoms with Gasteiger partial charge in [-0.15, -0.1) is 0 Å². The zero-order valence-corrected chi connectivity index (χ0v) is 10.6. The second-order valence-electron chi connectivity index (χ2n) is 5.22. The van der Waals surface area contributed by atoms with Crippen LogP contribution in [0.5, 0.6) is 0 Å². The number of hydrogen-bond acceptors (Lipinski definition) is 3. The average Bonchev–Trinajstić information content (AvgIpc) is 2.32. The van der Waals surface area contributed by atoms with Gasteiger partial charge in [0, 0.05) is 11.7 Å². The summed E-state index contributed by atoms with van der Waals surface area (Å²) in [5.41, 5.74) is 6.98. The van der Waals surface area contributed by atoms with Crippen molar-refractivity contribution in [2.75, 3.05) is 5.32 Å². The van der Waals surface area contributed by atoms with Crippen LogP contribution in [0.4, 0.5) is 5.69 Å². The molecule has 1 aromatic rings. The molecule has 2 rings (SSSR count). The van der Waals surface area contributed by atoms with E-state index in [2.05, 4.69) is 5.32 Å². The van der Waals surface area contributed by atoms with E-state index in [0.717, 1.165) is 24.1 Å². The first-order valence-corrected chi connectivity index (χ1v) is 6.36. The second kappa shape index (κ2) is 4.98. The third-order valence-electron chi connectivity index (χ3n) is 3.69. The maximum absolute atomic E-state index is 11.6. The highest BCUT2D eigenvalue weighted by Crippen LogP contribution is 2.31. The van der Waals surface area contributed by atoms with E-state index < -0.39 is 11.5 Å². The van der Waals surface area contributed by atoms with Gasteiger partial charge in [-0.05, 0) is 50.3 Å². The minimum atomic E-state index is -0.857. The number of carbonyl (C=O) groups is 1. The van der Waals surface area contributed by atoms with Crippen LogP contribution in [0.2, 0.25) is 0 Å². The van der Waals surface area contributed by atoms with Crippen molar-refractivity contribution >= 4 is 11.7 Å². The molecule has 1 aliphatic rings. The summed E-state index contributed by atoms with van der Waals surface area (Å²) in [5.74, 6) is -0.782. The predicted octanol–water partition coefficient (Wildman–Crippen LogP) is 2.13. The van der Waals surface area contributed by atoms with Crippen LogP contribution < -0.4 is 11.1 Å². The lowest BCUT2D eigenvalue weighted by molar-refractivity contribution is -0.143. The van der Waals surface area contributed by atoms with Crippen molar-refractivity contribution in [1.82, 2.24) is 0 Å². The first kappa shape index (κ1) is 12.9. The first-order chi connectivity index (χ1) is 8.52. The number of benzene rings is 1. The molecule has 0 bridgehead atoms. The molecule has 0 spiro atoms. The molecule has 0 aromatic heterocycles. The molecule has 4 N–H and O–H groups in total. The molecule has 0 atom stereocenters. The number of carboxylic acids is 1. The SMILES string of the molecule is Cc1cccc(NC2(C(=O)O)CCC(N)CC2)c1. The molecular weight excluding hydrogens is 228 g/mol. The third-order valence-corrected chi connectivity index (χ3v) is 3.69. The number of nitrogens with two attached hydrogens (primary N) is 1. The Balaban J connectivity index is 2.19. The topological polar surface area (TPSA) is 75.3 Å². The van der Waals surface area contributed by atoms with E-state index in [1.807, 2.05) is 31.2 Å². The molecule has 4 nitrogen and oxygen atoms in total. The number of nitrogens with one attached hydrogen (secondary N) is 1. The molecular formula is C14H20N2O2. The Hall–Kier alpha value is -1.55. The normalized spacial score (nSPS) is 27.8. The van der Waals surface area contributed by atoms with Gasteiger partial charge in [-0.3, -0.25) is 0 Å². The number of anilines is 1. The van der Waals surface area contributed by atoms with Gasteiger partial charge in [0.15, 0.2) is 0 Å². The molecule has 0 heterocycles. The number of aliphatic carboxylic acids is 1. The quantitative estimate of drug-likeness (QED) is 0.766. The molecule has 1 saturated carbocycles. The molecule has 4 heteroatoms. The maximum atomic E-state index is 11.6. The van der Waals surface area contributed by atoms with Crippen molar-refractivity contribution in [2.45, 2.75) is 44.2 Å². The van der Waals surface area contributed by atoms with Crippen LogP contribution in [0.3, 0.4) is 0 Å². The second-order valence-corrected chi connectivity index (χ2v) is 5.22. The Morgan fingerprint density at radius 2 is 2.11 bits per heavy atom. The van der Waals surface area contributed by atoms with Gasteiger partial charge in [0.05, 0.1) is 0 Å². The van der Waals surface area contributed by atoms with E-state index in [1.165, 1.54) is 0 Å². The van der Waals surface area contributed by atoms with Crippen LogP contribution in [-0.4, -0.2) is 22.7 Å². The van der Waals surface area contributed by atoms with E-state index >= 15 is 0 Å². The molecule has 0 aliphatic heterocycles. The number of aryl methyl sites for hydroxylation is 1. The molecule has 0 unspecified atom stereocenters. The number of hydrogen-bond donors (Lipinski definition) is 3. The maximum Gasteiger partial charge on any atom is 0.329 e. The fourth-order valence-electron chi connectivity index (χ4n) is 2.52. The van der Waals surface area contributed by atoms with Gasteiger partial charge in [0.25, 0.3) is 0 Å². The molecule has 0 radical (unpaired) electrons. The van der Waals surface area contributed by atoms with Crippen molar-refractivity contribution in [2.24, 2.45) is 5.73 Å². The van der Waals surface area contributed by atoms with Crippen LogP contribution >= 0.6 is 0 Å². The van der Waals surface area contributed by atoms with Gasteiger partial charge in [0.1, 0.15) is 5.54 Å². The molecule has 1 aromatic carbocycles. The predicted molar refractivity (Wildman–Crippen MR) is 71.6 cm³/mol. The summed E-state index contributed by atoms with van der Waals surface area (Å²) in [6.07, 6.45) is 2.67. The van der Waals surface area contributed by atoms with Gasteiger partial charge >= 0.3 is 5.97 Å². The van der Waals surface area contributed by atoms with Crippen LogP contribution in [0.25, 0.3) is 0 Å². The largest absolute Gasteiger partial charge is 0.480 e. The smallest absolute Gasteiger partial charge is 0.329 e. The Morgan fingerprint density at radius 3 is 2.67 bits per heavy atom. The number of rotatable bonds is 3. The Bertz CT molecular complexity index is 437. The summed E-state index contributed by atoms with van der Waals surface area (Å²) < 4.78 is 0. The van der Waals surface area contributed by atoms with E-state index in [0.29, 0.717) is 12.8 Å². The summed E-state index contributed by atoms with van der Waals surface area (Å²) >= 11 is 0. The Morgan fingerprint density at radius 1 is 1.44 bits per heavy atom. The Labute approximate surface area is 107 Å². The lowest BCUT2D eigenvalue weighted by atomic mass is 9.79. The third kappa shape index (κ3) is 2.64. The highest BCUT2D eigenvalue weighted by molar-refractivity contribution is 5.83. The van der Waals surface area contributed by atoms with Crippen molar-refractivity contribution in [3.05, 3.63) is 29.8 Å². The van der Waals surface area contributed by atoms with Gasteiger partial charge in [0.2, 0.25) is 0 Å². The molecule has 1 fully saturated rings. The lowest BCUT2D eigenvalue weighted by Crippen LogP contribution is -2.51. The summed E-state index contributed by atoms with van der Waals surface area (Å²) in [5, 5.41) is 12.7. The Kier molecular flexibility index (Phi) is 3.57. The van der Waals surface area contributed by atoms with Crippen molar-refractivity contribution in [3.63, 3.8) is 0 Å². The molecule has 18 heavy (non-hydrogen) atoms. The van der Waals surface area contributed by atoms with Crippen molar-refractivity contribution < 1.29 is 9.90 Å². The highest BCUT2D eigenvalue weighted by atomic mass is 16.4. The fraction of sp³-hybridized carbons (Fsp3) is 0.500. The summed E-state index contributed by atoms with van der Waals surface area (Å²) in [6.45, 7) is 2.00. The highest BCUT2D eigenvalue weighted by Gasteiger charge is 2.41. The standard InChI is InChI=1S/C14H20N2O2/c1-10-3-2-4-12(9-10)16-14(13(17)18)7-5-11(15)6-8-14/h2-4,9,11,16H,5-8,15H2,1H3,(H,17,18). The van der Waals surface area contributed by atoms with E-state index in [-0.39, 0.29) is 6.04 Å². The van der Waals surface area contributed by atoms with Gasteiger partial charge in [-0.25, -0.2) is 4.79 Å². The molecule has 1 aliphatic carbocycles. The molecule has 98 valence electrons. The van der Waals surface area contributed by atoms with Gasteiger partial charge < -0.3 is 16.2 Å². The monoisotopic (exact) mass is 248 g/mol. The van der Waals surface area contributed by atoms with E-state index in [9.17, 15) is 9.90 Å². The lowest BCUT2D eigenvalue weighted by Gasteiger charge is -2.37. The minimum Gasteiger partial charge on any atom is -0.480 e. The van der Waals surface area contributed by atoms with Crippen molar-refractivity contribution in [3.8, 4) is 0 Å². The molecule has 0 amide bonds. The summed E-state index contributed by atoms with van der Waals surface area (Å²) in [4.78, 5) is 11.6. The minimum absolute atomic E-state index is 0.136. The van der Waals surface area contributed by atoms with Crippen molar-refractivity contribution in [1.29, 1.82) is 0 Å². The van der Waals surface area contributed by atoms with Crippen LogP contribution in [0.1, 0.15) is 31.2 Å². The van der Waals surface area contributed by atoms with Gasteiger partial charge in [-0.2, -0.15) is 0 Å². The van der Waals surface area contributed by atoms with Crippen LogP contribution in [-0.2, 0) is 4.79 Å². The number of carboxylic acid groups (broad SMARTS) is 1. The van der Waals surface area contributed by atoms with E-state index in [1.54, 1.807) is 0 Å². The van der Waals surface area contributed by atoms with Crippen LogP contribution in [0.15, 0.2) is 24.3 Å².